The maximum Gasteiger partial charge on any atom is 0.254 e. The first-order chi connectivity index (χ1) is 17.0. The minimum absolute atomic E-state index is 0.114. The predicted octanol–water partition coefficient (Wildman–Crippen LogP) is 5.34. The minimum atomic E-state index is -0.305. The fourth-order valence-electron chi connectivity index (χ4n) is 5.63. The Labute approximate surface area is 204 Å². The van der Waals surface area contributed by atoms with Gasteiger partial charge in [-0.3, -0.25) is 9.78 Å². The third kappa shape index (κ3) is 4.25. The van der Waals surface area contributed by atoms with Crippen molar-refractivity contribution < 1.29 is 9.18 Å². The molecule has 6 rings (SSSR count). The molecule has 3 aromatic carbocycles. The van der Waals surface area contributed by atoms with Crippen molar-refractivity contribution in [2.24, 2.45) is 11.8 Å². The van der Waals surface area contributed by atoms with E-state index in [1.807, 2.05) is 36.1 Å². The molecule has 6 heteroatoms. The number of aromatic nitrogens is 2. The van der Waals surface area contributed by atoms with E-state index in [1.54, 1.807) is 12.3 Å². The molecule has 4 aromatic rings. The molecule has 0 spiro atoms. The number of amides is 1. The van der Waals surface area contributed by atoms with Crippen LogP contribution in [0.15, 0.2) is 72.9 Å². The number of hydrogen-bond acceptors (Lipinski definition) is 4. The van der Waals surface area contributed by atoms with Crippen LogP contribution in [0, 0.1) is 24.6 Å². The molecule has 1 aromatic heterocycles. The number of piperidine rings is 2. The van der Waals surface area contributed by atoms with Crippen LogP contribution in [-0.2, 0) is 0 Å². The summed E-state index contributed by atoms with van der Waals surface area (Å²) in [7, 11) is 0. The molecule has 2 aliphatic heterocycles. The maximum atomic E-state index is 13.8. The molecule has 0 N–H and O–H groups in total. The monoisotopic (exact) mass is 466 g/mol. The van der Waals surface area contributed by atoms with Gasteiger partial charge >= 0.3 is 0 Å². The Morgan fingerprint density at radius 2 is 1.69 bits per heavy atom. The summed E-state index contributed by atoms with van der Waals surface area (Å²) in [5.74, 6) is 1.39. The number of benzene rings is 3. The lowest BCUT2D eigenvalue weighted by molar-refractivity contribution is 0.0565. The van der Waals surface area contributed by atoms with E-state index in [-0.39, 0.29) is 11.7 Å². The molecule has 0 saturated carbocycles. The molecular formula is C29H27FN4O. The number of halogens is 1. The lowest BCUT2D eigenvalue weighted by atomic mass is 9.84. The second-order valence-electron chi connectivity index (χ2n) is 9.86. The number of carbonyl (C=O) groups excluding carboxylic acids is 1. The summed E-state index contributed by atoms with van der Waals surface area (Å²) in [5, 5.41) is 0. The van der Waals surface area contributed by atoms with Gasteiger partial charge < -0.3 is 9.80 Å². The Balaban J connectivity index is 1.23. The zero-order chi connectivity index (χ0) is 23.9. The summed E-state index contributed by atoms with van der Waals surface area (Å²) < 4.78 is 13.5. The number of fused-ring (bicyclic) bond motifs is 3. The molecule has 2 bridgehead atoms. The average Bonchev–Trinajstić information content (AvgIpc) is 2.87. The smallest absolute Gasteiger partial charge is 0.254 e. The van der Waals surface area contributed by atoms with Crippen LogP contribution in [0.1, 0.15) is 22.3 Å². The molecule has 0 aliphatic carbocycles. The Morgan fingerprint density at radius 1 is 0.914 bits per heavy atom. The van der Waals surface area contributed by atoms with Crippen LogP contribution in [0.3, 0.4) is 0 Å². The van der Waals surface area contributed by atoms with E-state index in [4.69, 9.17) is 4.98 Å². The van der Waals surface area contributed by atoms with E-state index in [1.165, 1.54) is 12.1 Å². The topological polar surface area (TPSA) is 49.3 Å². The van der Waals surface area contributed by atoms with Crippen LogP contribution in [-0.4, -0.2) is 47.0 Å². The summed E-state index contributed by atoms with van der Waals surface area (Å²) in [4.78, 5) is 27.3. The predicted molar refractivity (Wildman–Crippen MR) is 136 cm³/mol. The largest absolute Gasteiger partial charge is 0.355 e. The molecule has 5 nitrogen and oxygen atoms in total. The van der Waals surface area contributed by atoms with E-state index in [2.05, 4.69) is 34.1 Å². The number of rotatable bonds is 3. The highest BCUT2D eigenvalue weighted by Gasteiger charge is 2.37. The van der Waals surface area contributed by atoms with Gasteiger partial charge in [-0.15, -0.1) is 0 Å². The van der Waals surface area contributed by atoms with Gasteiger partial charge in [0.1, 0.15) is 11.6 Å². The molecular weight excluding hydrogens is 439 g/mol. The number of nitrogens with zero attached hydrogens (tertiary/aromatic N) is 4. The van der Waals surface area contributed by atoms with Crippen molar-refractivity contribution in [3.05, 3.63) is 89.9 Å². The zero-order valence-electron chi connectivity index (χ0n) is 19.7. The zero-order valence-corrected chi connectivity index (χ0v) is 19.7. The maximum absolute atomic E-state index is 13.8. The van der Waals surface area contributed by atoms with Gasteiger partial charge in [0.15, 0.2) is 0 Å². The molecule has 176 valence electrons. The normalized spacial score (nSPS) is 19.7. The SMILES string of the molecule is Cc1ccc(-c2ccccc2)c(C(=O)N2CC3CC(C2)CN(c2cnc4cc(F)ccc4n2)C3)c1. The number of carbonyl (C=O) groups is 1. The van der Waals surface area contributed by atoms with Crippen molar-refractivity contribution >= 4 is 22.8 Å². The van der Waals surface area contributed by atoms with Crippen LogP contribution < -0.4 is 4.90 Å². The van der Waals surface area contributed by atoms with Crippen molar-refractivity contribution in [2.75, 3.05) is 31.1 Å². The molecule has 2 unspecified atom stereocenters. The van der Waals surface area contributed by atoms with Crippen molar-refractivity contribution in [3.8, 4) is 11.1 Å². The number of likely N-dealkylation sites (tertiary alicyclic amines) is 1. The Bertz CT molecular complexity index is 1390. The second kappa shape index (κ2) is 8.77. The van der Waals surface area contributed by atoms with Gasteiger partial charge in [0, 0.05) is 37.8 Å². The number of anilines is 1. The highest BCUT2D eigenvalue weighted by Crippen LogP contribution is 2.33. The average molecular weight is 467 g/mol. The Kier molecular flexibility index (Phi) is 5.44. The van der Waals surface area contributed by atoms with Crippen LogP contribution in [0.2, 0.25) is 0 Å². The molecule has 0 radical (unpaired) electrons. The first kappa shape index (κ1) is 21.7. The third-order valence-corrected chi connectivity index (χ3v) is 7.17. The number of aryl methyl sites for hydroxylation is 1. The lowest BCUT2D eigenvalue weighted by Crippen LogP contribution is -2.54. The summed E-state index contributed by atoms with van der Waals surface area (Å²) >= 11 is 0. The van der Waals surface area contributed by atoms with Crippen LogP contribution in [0.4, 0.5) is 10.2 Å². The first-order valence-electron chi connectivity index (χ1n) is 12.2. The highest BCUT2D eigenvalue weighted by atomic mass is 19.1. The first-order valence-corrected chi connectivity index (χ1v) is 12.2. The summed E-state index contributed by atoms with van der Waals surface area (Å²) in [6, 6.07) is 20.8. The van der Waals surface area contributed by atoms with Gasteiger partial charge in [-0.25, -0.2) is 9.37 Å². The second-order valence-corrected chi connectivity index (χ2v) is 9.86. The van der Waals surface area contributed by atoms with Crippen LogP contribution in [0.25, 0.3) is 22.2 Å². The van der Waals surface area contributed by atoms with Gasteiger partial charge in [0.25, 0.3) is 5.91 Å². The minimum Gasteiger partial charge on any atom is -0.355 e. The number of hydrogen-bond donors (Lipinski definition) is 0. The van der Waals surface area contributed by atoms with E-state index in [0.29, 0.717) is 22.9 Å². The highest BCUT2D eigenvalue weighted by molar-refractivity contribution is 6.01. The van der Waals surface area contributed by atoms with Crippen LogP contribution in [0.5, 0.6) is 0 Å². The van der Waals surface area contributed by atoms with Gasteiger partial charge in [-0.05, 0) is 54.5 Å². The lowest BCUT2D eigenvalue weighted by Gasteiger charge is -2.46. The molecule has 2 atom stereocenters. The van der Waals surface area contributed by atoms with E-state index in [9.17, 15) is 9.18 Å². The van der Waals surface area contributed by atoms with Crippen molar-refractivity contribution in [3.63, 3.8) is 0 Å². The molecule has 3 heterocycles. The molecule has 2 aliphatic rings. The summed E-state index contributed by atoms with van der Waals surface area (Å²) in [5.41, 5.74) is 5.18. The van der Waals surface area contributed by atoms with Crippen molar-refractivity contribution in [2.45, 2.75) is 13.3 Å². The van der Waals surface area contributed by atoms with E-state index >= 15 is 0 Å². The van der Waals surface area contributed by atoms with Crippen LogP contribution >= 0.6 is 0 Å². The molecule has 35 heavy (non-hydrogen) atoms. The Hall–Kier alpha value is -3.80. The van der Waals surface area contributed by atoms with Crippen molar-refractivity contribution in [1.29, 1.82) is 0 Å². The van der Waals surface area contributed by atoms with E-state index < -0.39 is 0 Å². The van der Waals surface area contributed by atoms with Gasteiger partial charge in [-0.2, -0.15) is 0 Å². The Morgan fingerprint density at radius 3 is 2.46 bits per heavy atom. The standard InChI is InChI=1S/C29H27FN4O/c1-19-7-9-24(22-5-3-2-4-6-22)25(11-19)29(35)34-17-20-12-21(18-34)16-33(15-20)28-14-31-27-13-23(30)8-10-26(27)32-28/h2-11,13-14,20-21H,12,15-18H2,1H3. The van der Waals surface area contributed by atoms with Gasteiger partial charge in [-0.1, -0.05) is 48.0 Å². The third-order valence-electron chi connectivity index (χ3n) is 7.17. The fraction of sp³-hybridized carbons (Fsp3) is 0.276. The quantitative estimate of drug-likeness (QED) is 0.409. The van der Waals surface area contributed by atoms with Gasteiger partial charge in [0.2, 0.25) is 0 Å². The van der Waals surface area contributed by atoms with Crippen molar-refractivity contribution in [1.82, 2.24) is 14.9 Å². The molecule has 2 saturated heterocycles. The molecule has 1 amide bonds. The fourth-order valence-corrected chi connectivity index (χ4v) is 5.63. The molecule has 2 fully saturated rings. The van der Waals surface area contributed by atoms with Gasteiger partial charge in [0.05, 0.1) is 17.2 Å². The summed E-state index contributed by atoms with van der Waals surface area (Å²) in [6.07, 6.45) is 2.86. The summed E-state index contributed by atoms with van der Waals surface area (Å²) in [6.45, 7) is 5.18. The van der Waals surface area contributed by atoms with E-state index in [0.717, 1.165) is 60.7 Å².